The zero-order valence-corrected chi connectivity index (χ0v) is 10.9. The molecule has 0 bridgehead atoms. The summed E-state index contributed by atoms with van der Waals surface area (Å²) in [6, 6.07) is 12.5. The molecule has 0 atom stereocenters. The lowest BCUT2D eigenvalue weighted by Crippen LogP contribution is -1.98. The van der Waals surface area contributed by atoms with Crippen molar-refractivity contribution < 1.29 is 9.47 Å². The molecule has 2 heteroatoms. The normalized spacial score (nSPS) is 14.1. The van der Waals surface area contributed by atoms with E-state index in [1.165, 1.54) is 10.8 Å². The second-order valence-corrected chi connectivity index (χ2v) is 4.45. The minimum Gasteiger partial charge on any atom is -0.493 e. The molecule has 0 spiro atoms. The van der Waals surface area contributed by atoms with E-state index in [0.29, 0.717) is 6.61 Å². The Bertz CT molecular complexity index is 653. The second-order valence-electron chi connectivity index (χ2n) is 4.45. The van der Waals surface area contributed by atoms with Crippen LogP contribution in [-0.2, 0) is 4.74 Å². The smallest absolute Gasteiger partial charge is 0.127 e. The zero-order chi connectivity index (χ0) is 13.1. The minimum atomic E-state index is 0.662. The number of fused-ring (bicyclic) bond motifs is 1. The Balaban J connectivity index is 2.22. The molecule has 0 radical (unpaired) electrons. The number of allylic oxidation sites excluding steroid dienone is 2. The zero-order valence-electron chi connectivity index (χ0n) is 10.9. The van der Waals surface area contributed by atoms with E-state index in [2.05, 4.69) is 30.3 Å². The molecule has 0 fully saturated rings. The fourth-order valence-corrected chi connectivity index (χ4v) is 2.42. The second kappa shape index (κ2) is 5.19. The number of benzene rings is 2. The molecule has 19 heavy (non-hydrogen) atoms. The molecule has 0 aromatic heterocycles. The summed E-state index contributed by atoms with van der Waals surface area (Å²) in [4.78, 5) is 0. The van der Waals surface area contributed by atoms with Gasteiger partial charge in [-0.2, -0.15) is 0 Å². The highest BCUT2D eigenvalue weighted by Crippen LogP contribution is 2.36. The van der Waals surface area contributed by atoms with E-state index < -0.39 is 0 Å². The summed E-state index contributed by atoms with van der Waals surface area (Å²) in [5.74, 6) is 0.923. The van der Waals surface area contributed by atoms with Crippen LogP contribution in [0, 0.1) is 0 Å². The fourth-order valence-electron chi connectivity index (χ4n) is 2.42. The largest absolute Gasteiger partial charge is 0.493 e. The van der Waals surface area contributed by atoms with Crippen molar-refractivity contribution in [3.63, 3.8) is 0 Å². The Morgan fingerprint density at radius 3 is 2.84 bits per heavy atom. The molecule has 0 aliphatic carbocycles. The van der Waals surface area contributed by atoms with Gasteiger partial charge in [0.1, 0.15) is 5.75 Å². The highest BCUT2D eigenvalue weighted by atomic mass is 16.5. The molecule has 2 nitrogen and oxygen atoms in total. The highest BCUT2D eigenvalue weighted by molar-refractivity contribution is 5.96. The molecule has 3 rings (SSSR count). The van der Waals surface area contributed by atoms with Crippen LogP contribution in [-0.4, -0.2) is 6.61 Å². The molecular weight excluding hydrogens is 236 g/mol. The predicted molar refractivity (Wildman–Crippen MR) is 77.9 cm³/mol. The van der Waals surface area contributed by atoms with Crippen LogP contribution in [0.1, 0.15) is 18.9 Å². The van der Waals surface area contributed by atoms with Gasteiger partial charge in [0.05, 0.1) is 19.1 Å². The molecule has 1 aliphatic rings. The van der Waals surface area contributed by atoms with Gasteiger partial charge in [-0.1, -0.05) is 30.3 Å². The third-order valence-electron chi connectivity index (χ3n) is 3.23. The summed E-state index contributed by atoms with van der Waals surface area (Å²) in [7, 11) is 0. The molecule has 0 saturated heterocycles. The van der Waals surface area contributed by atoms with Crippen molar-refractivity contribution in [3.05, 3.63) is 60.6 Å². The van der Waals surface area contributed by atoms with Crippen LogP contribution < -0.4 is 4.74 Å². The van der Waals surface area contributed by atoms with Gasteiger partial charge in [-0.05, 0) is 36.3 Å². The highest BCUT2D eigenvalue weighted by Gasteiger charge is 2.14. The van der Waals surface area contributed by atoms with Crippen molar-refractivity contribution in [1.29, 1.82) is 0 Å². The van der Waals surface area contributed by atoms with Crippen LogP contribution >= 0.6 is 0 Å². The lowest BCUT2D eigenvalue weighted by Gasteiger charge is -2.16. The SMILES string of the molecule is CCOc1ccc2ccccc2c1C1=COC=CC1. The maximum atomic E-state index is 5.78. The molecule has 0 N–H and O–H groups in total. The third kappa shape index (κ3) is 2.22. The lowest BCUT2D eigenvalue weighted by atomic mass is 9.95. The van der Waals surface area contributed by atoms with Crippen molar-refractivity contribution in [2.75, 3.05) is 6.61 Å². The number of rotatable bonds is 3. The van der Waals surface area contributed by atoms with E-state index in [9.17, 15) is 0 Å². The van der Waals surface area contributed by atoms with E-state index >= 15 is 0 Å². The molecule has 96 valence electrons. The average molecular weight is 252 g/mol. The van der Waals surface area contributed by atoms with Gasteiger partial charge in [0.2, 0.25) is 0 Å². The molecular formula is C17H16O2. The van der Waals surface area contributed by atoms with Gasteiger partial charge in [0, 0.05) is 11.1 Å². The Morgan fingerprint density at radius 2 is 2.05 bits per heavy atom. The maximum Gasteiger partial charge on any atom is 0.127 e. The fraction of sp³-hybridized carbons (Fsp3) is 0.176. The van der Waals surface area contributed by atoms with Gasteiger partial charge in [-0.3, -0.25) is 0 Å². The van der Waals surface area contributed by atoms with Gasteiger partial charge in [0.25, 0.3) is 0 Å². The average Bonchev–Trinajstić information content (AvgIpc) is 2.48. The predicted octanol–water partition coefficient (Wildman–Crippen LogP) is 4.51. The number of hydrogen-bond donors (Lipinski definition) is 0. The third-order valence-corrected chi connectivity index (χ3v) is 3.23. The Labute approximate surface area is 113 Å². The first-order valence-corrected chi connectivity index (χ1v) is 6.54. The minimum absolute atomic E-state index is 0.662. The molecule has 2 aromatic rings. The summed E-state index contributed by atoms with van der Waals surface area (Å²) in [5, 5.41) is 2.43. The summed E-state index contributed by atoms with van der Waals surface area (Å²) < 4.78 is 11.1. The van der Waals surface area contributed by atoms with E-state index in [1.54, 1.807) is 6.26 Å². The Kier molecular flexibility index (Phi) is 3.23. The van der Waals surface area contributed by atoms with Crippen molar-refractivity contribution >= 4 is 16.3 Å². The first kappa shape index (κ1) is 11.8. The first-order valence-electron chi connectivity index (χ1n) is 6.54. The van der Waals surface area contributed by atoms with Gasteiger partial charge in [-0.25, -0.2) is 0 Å². The number of ether oxygens (including phenoxy) is 2. The van der Waals surface area contributed by atoms with Crippen LogP contribution in [0.2, 0.25) is 0 Å². The first-order chi connectivity index (χ1) is 9.40. The van der Waals surface area contributed by atoms with Crippen LogP contribution in [0.4, 0.5) is 0 Å². The molecule has 0 saturated carbocycles. The van der Waals surface area contributed by atoms with Crippen LogP contribution in [0.15, 0.2) is 55.0 Å². The summed E-state index contributed by atoms with van der Waals surface area (Å²) in [6.07, 6.45) is 6.42. The molecule has 0 amide bonds. The monoisotopic (exact) mass is 252 g/mol. The number of hydrogen-bond acceptors (Lipinski definition) is 2. The molecule has 1 aliphatic heterocycles. The maximum absolute atomic E-state index is 5.78. The quantitative estimate of drug-likeness (QED) is 0.800. The van der Waals surface area contributed by atoms with Gasteiger partial charge < -0.3 is 9.47 Å². The Morgan fingerprint density at radius 1 is 1.16 bits per heavy atom. The molecule has 2 aromatic carbocycles. The molecule has 0 unspecified atom stereocenters. The summed E-state index contributed by atoms with van der Waals surface area (Å²) >= 11 is 0. The summed E-state index contributed by atoms with van der Waals surface area (Å²) in [6.45, 7) is 2.67. The molecule has 1 heterocycles. The van der Waals surface area contributed by atoms with Crippen molar-refractivity contribution in [2.45, 2.75) is 13.3 Å². The van der Waals surface area contributed by atoms with Crippen molar-refractivity contribution in [1.82, 2.24) is 0 Å². The Hall–Kier alpha value is -2.22. The standard InChI is InChI=1S/C17H16O2/c1-2-19-16-10-9-13-6-3-4-8-15(13)17(16)14-7-5-11-18-12-14/h3-6,8-12H,2,7H2,1H3. The van der Waals surface area contributed by atoms with Crippen molar-refractivity contribution in [2.24, 2.45) is 0 Å². The van der Waals surface area contributed by atoms with Gasteiger partial charge in [-0.15, -0.1) is 0 Å². The lowest BCUT2D eigenvalue weighted by molar-refractivity contribution is 0.339. The van der Waals surface area contributed by atoms with E-state index in [-0.39, 0.29) is 0 Å². The van der Waals surface area contributed by atoms with Crippen molar-refractivity contribution in [3.8, 4) is 5.75 Å². The van der Waals surface area contributed by atoms with Gasteiger partial charge >= 0.3 is 0 Å². The van der Waals surface area contributed by atoms with Crippen LogP contribution in [0.5, 0.6) is 5.75 Å². The topological polar surface area (TPSA) is 18.5 Å². The van der Waals surface area contributed by atoms with Crippen LogP contribution in [0.3, 0.4) is 0 Å². The summed E-state index contributed by atoms with van der Waals surface area (Å²) in [5.41, 5.74) is 2.30. The van der Waals surface area contributed by atoms with E-state index in [4.69, 9.17) is 9.47 Å². The van der Waals surface area contributed by atoms with E-state index in [1.807, 2.05) is 25.3 Å². The van der Waals surface area contributed by atoms with Gasteiger partial charge in [0.15, 0.2) is 0 Å². The van der Waals surface area contributed by atoms with Crippen LogP contribution in [0.25, 0.3) is 16.3 Å². The van der Waals surface area contributed by atoms with E-state index in [0.717, 1.165) is 23.3 Å².